The molecule has 0 amide bonds. The zero-order valence-corrected chi connectivity index (χ0v) is 17.8. The minimum Gasteiger partial charge on any atom is -0.369 e. The van der Waals surface area contributed by atoms with Gasteiger partial charge in [-0.05, 0) is 48.1 Å². The molecule has 27 heavy (non-hydrogen) atoms. The van der Waals surface area contributed by atoms with E-state index in [0.29, 0.717) is 31.1 Å². The number of nitrogens with zero attached hydrogens (tertiary/aromatic N) is 2. The summed E-state index contributed by atoms with van der Waals surface area (Å²) in [6, 6.07) is 14.1. The topological polar surface area (TPSA) is 40.6 Å². The van der Waals surface area contributed by atoms with Crippen LogP contribution in [0.25, 0.3) is 0 Å². The standard InChI is InChI=1S/C22H30N2O2S/c1-17-10-11-18(2)21(16-17)27(25,26)24-14-12-23(13-15-24)20-9-7-6-8-19(20)22(3,4)5/h6-11,16H,12-15H2,1-5H3. The number of sulfonamides is 1. The Kier molecular flexibility index (Phi) is 5.37. The second kappa shape index (κ2) is 7.28. The quantitative estimate of drug-likeness (QED) is 0.797. The molecule has 2 aromatic rings. The number of hydrogen-bond acceptors (Lipinski definition) is 3. The first kappa shape index (κ1) is 19.9. The summed E-state index contributed by atoms with van der Waals surface area (Å²) in [5.74, 6) is 0. The third kappa shape index (κ3) is 4.04. The van der Waals surface area contributed by atoms with Gasteiger partial charge in [0.2, 0.25) is 10.0 Å². The Morgan fingerprint density at radius 1 is 0.889 bits per heavy atom. The SMILES string of the molecule is Cc1ccc(C)c(S(=O)(=O)N2CCN(c3ccccc3C(C)(C)C)CC2)c1. The molecule has 0 aliphatic carbocycles. The minimum atomic E-state index is -3.45. The summed E-state index contributed by atoms with van der Waals surface area (Å²) in [5.41, 5.74) is 4.35. The van der Waals surface area contributed by atoms with Crippen molar-refractivity contribution in [2.45, 2.75) is 44.9 Å². The normalized spacial score (nSPS) is 16.6. The first-order valence-corrected chi connectivity index (χ1v) is 11.0. The second-order valence-corrected chi connectivity index (χ2v) is 10.3. The van der Waals surface area contributed by atoms with Gasteiger partial charge >= 0.3 is 0 Å². The summed E-state index contributed by atoms with van der Waals surface area (Å²) < 4.78 is 27.9. The lowest BCUT2D eigenvalue weighted by Crippen LogP contribution is -2.49. The van der Waals surface area contributed by atoms with Gasteiger partial charge in [-0.15, -0.1) is 0 Å². The molecule has 0 atom stereocenters. The Balaban J connectivity index is 1.81. The fourth-order valence-electron chi connectivity index (χ4n) is 3.68. The summed E-state index contributed by atoms with van der Waals surface area (Å²) in [7, 11) is -3.45. The minimum absolute atomic E-state index is 0.0540. The van der Waals surface area contributed by atoms with E-state index < -0.39 is 10.0 Å². The molecule has 146 valence electrons. The molecule has 1 fully saturated rings. The average molecular weight is 387 g/mol. The monoisotopic (exact) mass is 386 g/mol. The van der Waals surface area contributed by atoms with E-state index in [2.05, 4.69) is 49.9 Å². The van der Waals surface area contributed by atoms with Crippen molar-refractivity contribution < 1.29 is 8.42 Å². The van der Waals surface area contributed by atoms with Crippen molar-refractivity contribution in [2.24, 2.45) is 0 Å². The van der Waals surface area contributed by atoms with Crippen molar-refractivity contribution in [1.82, 2.24) is 4.31 Å². The maximum atomic E-state index is 13.1. The lowest BCUT2D eigenvalue weighted by molar-refractivity contribution is 0.383. The van der Waals surface area contributed by atoms with Gasteiger partial charge in [-0.2, -0.15) is 4.31 Å². The van der Waals surface area contributed by atoms with Gasteiger partial charge in [-0.25, -0.2) is 8.42 Å². The zero-order chi connectivity index (χ0) is 19.8. The Morgan fingerprint density at radius 2 is 1.52 bits per heavy atom. The van der Waals surface area contributed by atoms with E-state index in [9.17, 15) is 8.42 Å². The van der Waals surface area contributed by atoms with Crippen LogP contribution >= 0.6 is 0 Å². The number of piperazine rings is 1. The van der Waals surface area contributed by atoms with Crippen molar-refractivity contribution in [3.63, 3.8) is 0 Å². The first-order valence-electron chi connectivity index (χ1n) is 9.52. The number of rotatable bonds is 3. The van der Waals surface area contributed by atoms with Crippen molar-refractivity contribution in [3.05, 3.63) is 59.2 Å². The molecule has 0 N–H and O–H groups in total. The van der Waals surface area contributed by atoms with E-state index >= 15 is 0 Å². The van der Waals surface area contributed by atoms with Gasteiger partial charge in [0.1, 0.15) is 0 Å². The molecule has 4 nitrogen and oxygen atoms in total. The van der Waals surface area contributed by atoms with Crippen molar-refractivity contribution in [2.75, 3.05) is 31.1 Å². The highest BCUT2D eigenvalue weighted by Crippen LogP contribution is 2.33. The van der Waals surface area contributed by atoms with Crippen LogP contribution in [0.4, 0.5) is 5.69 Å². The molecule has 1 heterocycles. The fraction of sp³-hybridized carbons (Fsp3) is 0.455. The Hall–Kier alpha value is -1.85. The Morgan fingerprint density at radius 3 is 2.15 bits per heavy atom. The van der Waals surface area contributed by atoms with Crippen LogP contribution in [0.3, 0.4) is 0 Å². The lowest BCUT2D eigenvalue weighted by Gasteiger charge is -2.38. The van der Waals surface area contributed by atoms with Crippen LogP contribution < -0.4 is 4.90 Å². The van der Waals surface area contributed by atoms with Crippen molar-refractivity contribution in [3.8, 4) is 0 Å². The zero-order valence-electron chi connectivity index (χ0n) is 17.0. The number of benzene rings is 2. The first-order chi connectivity index (χ1) is 12.6. The summed E-state index contributed by atoms with van der Waals surface area (Å²) in [6.07, 6.45) is 0. The van der Waals surface area contributed by atoms with Gasteiger partial charge in [0.25, 0.3) is 0 Å². The maximum Gasteiger partial charge on any atom is 0.243 e. The predicted molar refractivity (Wildman–Crippen MR) is 112 cm³/mol. The predicted octanol–water partition coefficient (Wildman–Crippen LogP) is 4.11. The smallest absolute Gasteiger partial charge is 0.243 e. The third-order valence-electron chi connectivity index (χ3n) is 5.25. The largest absolute Gasteiger partial charge is 0.369 e. The highest BCUT2D eigenvalue weighted by Gasteiger charge is 2.31. The molecule has 0 aromatic heterocycles. The summed E-state index contributed by atoms with van der Waals surface area (Å²) >= 11 is 0. The van der Waals surface area contributed by atoms with Crippen LogP contribution in [0.1, 0.15) is 37.5 Å². The molecule has 1 saturated heterocycles. The van der Waals surface area contributed by atoms with E-state index in [0.717, 1.165) is 11.1 Å². The molecular formula is C22H30N2O2S. The van der Waals surface area contributed by atoms with Crippen molar-refractivity contribution >= 4 is 15.7 Å². The lowest BCUT2D eigenvalue weighted by atomic mass is 9.85. The van der Waals surface area contributed by atoms with Gasteiger partial charge in [0, 0.05) is 31.9 Å². The molecule has 2 aromatic carbocycles. The molecule has 1 aliphatic rings. The summed E-state index contributed by atoms with van der Waals surface area (Å²) in [4.78, 5) is 2.75. The summed E-state index contributed by atoms with van der Waals surface area (Å²) in [5, 5.41) is 0. The van der Waals surface area contributed by atoms with E-state index in [1.54, 1.807) is 10.4 Å². The molecule has 0 unspecified atom stereocenters. The Bertz CT molecular complexity index is 922. The van der Waals surface area contributed by atoms with Gasteiger partial charge in [0.05, 0.1) is 4.90 Å². The van der Waals surface area contributed by atoms with Crippen LogP contribution in [-0.2, 0) is 15.4 Å². The molecule has 0 saturated carbocycles. The molecule has 0 bridgehead atoms. The average Bonchev–Trinajstić information content (AvgIpc) is 2.63. The van der Waals surface area contributed by atoms with E-state index in [1.807, 2.05) is 26.0 Å². The summed E-state index contributed by atoms with van der Waals surface area (Å²) in [6.45, 7) is 12.9. The van der Waals surface area contributed by atoms with Crippen LogP contribution in [0.2, 0.25) is 0 Å². The molecule has 5 heteroatoms. The van der Waals surface area contributed by atoms with Gasteiger partial charge in [-0.1, -0.05) is 51.1 Å². The molecule has 3 rings (SSSR count). The molecule has 0 radical (unpaired) electrons. The number of aryl methyl sites for hydroxylation is 2. The molecule has 0 spiro atoms. The van der Waals surface area contributed by atoms with Crippen LogP contribution in [0.15, 0.2) is 47.4 Å². The fourth-order valence-corrected chi connectivity index (χ4v) is 5.41. The van der Waals surface area contributed by atoms with Crippen LogP contribution in [-0.4, -0.2) is 38.9 Å². The third-order valence-corrected chi connectivity index (χ3v) is 7.29. The maximum absolute atomic E-state index is 13.1. The number of para-hydroxylation sites is 1. The highest BCUT2D eigenvalue weighted by atomic mass is 32.2. The molecule has 1 aliphatic heterocycles. The van der Waals surface area contributed by atoms with Crippen LogP contribution in [0, 0.1) is 13.8 Å². The molecular weight excluding hydrogens is 356 g/mol. The van der Waals surface area contributed by atoms with E-state index in [4.69, 9.17) is 0 Å². The van der Waals surface area contributed by atoms with E-state index in [-0.39, 0.29) is 5.41 Å². The van der Waals surface area contributed by atoms with E-state index in [1.165, 1.54) is 11.3 Å². The second-order valence-electron chi connectivity index (χ2n) is 8.43. The van der Waals surface area contributed by atoms with Crippen molar-refractivity contribution in [1.29, 1.82) is 0 Å². The van der Waals surface area contributed by atoms with Gasteiger partial charge < -0.3 is 4.90 Å². The van der Waals surface area contributed by atoms with Gasteiger partial charge in [-0.3, -0.25) is 0 Å². The highest BCUT2D eigenvalue weighted by molar-refractivity contribution is 7.89. The number of hydrogen-bond donors (Lipinski definition) is 0. The van der Waals surface area contributed by atoms with Crippen LogP contribution in [0.5, 0.6) is 0 Å². The van der Waals surface area contributed by atoms with Gasteiger partial charge in [0.15, 0.2) is 0 Å². The Labute approximate surface area is 163 Å². The number of anilines is 1.